The maximum absolute atomic E-state index is 12.7. The van der Waals surface area contributed by atoms with E-state index < -0.39 is 11.7 Å². The van der Waals surface area contributed by atoms with Crippen LogP contribution in [0.15, 0.2) is 24.3 Å². The van der Waals surface area contributed by atoms with Crippen molar-refractivity contribution in [2.24, 2.45) is 7.05 Å². The zero-order chi connectivity index (χ0) is 19.4. The topological polar surface area (TPSA) is 59.3 Å². The molecule has 5 nitrogen and oxygen atoms in total. The molecule has 0 amide bonds. The van der Waals surface area contributed by atoms with E-state index in [9.17, 15) is 18.3 Å². The van der Waals surface area contributed by atoms with Gasteiger partial charge in [-0.25, -0.2) is 0 Å². The number of nitrogens with zero attached hydrogens (tertiary/aromatic N) is 2. The van der Waals surface area contributed by atoms with Crippen LogP contribution in [-0.4, -0.2) is 34.6 Å². The fourth-order valence-corrected chi connectivity index (χ4v) is 3.45. The molecule has 0 fully saturated rings. The molecule has 2 aromatic rings. The number of aliphatic hydroxyl groups excluding tert-OH is 1. The lowest BCUT2D eigenvalue weighted by Gasteiger charge is -2.19. The zero-order valence-corrected chi connectivity index (χ0v) is 15.2. The molecule has 0 saturated carbocycles. The third-order valence-electron chi connectivity index (χ3n) is 4.96. The van der Waals surface area contributed by atoms with Crippen molar-refractivity contribution < 1.29 is 23.0 Å². The zero-order valence-electron chi connectivity index (χ0n) is 15.2. The van der Waals surface area contributed by atoms with E-state index in [1.807, 2.05) is 11.7 Å². The van der Waals surface area contributed by atoms with Gasteiger partial charge in [-0.1, -0.05) is 12.1 Å². The third-order valence-corrected chi connectivity index (χ3v) is 4.96. The van der Waals surface area contributed by atoms with E-state index in [1.165, 1.54) is 12.1 Å². The Kier molecular flexibility index (Phi) is 6.18. The Labute approximate surface area is 156 Å². The highest BCUT2D eigenvalue weighted by molar-refractivity contribution is 5.29. The van der Waals surface area contributed by atoms with Gasteiger partial charge in [-0.05, 0) is 30.0 Å². The minimum absolute atomic E-state index is 0.0255. The molecule has 1 aromatic carbocycles. The third kappa shape index (κ3) is 4.69. The number of aryl methyl sites for hydroxylation is 1. The molecule has 0 bridgehead atoms. The van der Waals surface area contributed by atoms with Gasteiger partial charge < -0.3 is 15.2 Å². The van der Waals surface area contributed by atoms with Crippen LogP contribution in [0.3, 0.4) is 0 Å². The van der Waals surface area contributed by atoms with Gasteiger partial charge in [-0.2, -0.15) is 18.3 Å². The van der Waals surface area contributed by atoms with E-state index in [-0.39, 0.29) is 12.5 Å². The monoisotopic (exact) mass is 383 g/mol. The number of fused-ring (bicyclic) bond motifs is 1. The summed E-state index contributed by atoms with van der Waals surface area (Å²) in [5, 5.41) is 17.2. The minimum atomic E-state index is -4.34. The lowest BCUT2D eigenvalue weighted by molar-refractivity contribution is -0.137. The van der Waals surface area contributed by atoms with E-state index in [1.54, 1.807) is 0 Å². The summed E-state index contributed by atoms with van der Waals surface area (Å²) in [5.41, 5.74) is 3.35. The smallest absolute Gasteiger partial charge is 0.396 e. The number of ether oxygens (including phenoxy) is 1. The van der Waals surface area contributed by atoms with Gasteiger partial charge in [0.1, 0.15) is 0 Å². The van der Waals surface area contributed by atoms with Gasteiger partial charge >= 0.3 is 6.18 Å². The molecule has 27 heavy (non-hydrogen) atoms. The fourth-order valence-electron chi connectivity index (χ4n) is 3.45. The summed E-state index contributed by atoms with van der Waals surface area (Å²) in [6, 6.07) is 5.16. The summed E-state index contributed by atoms with van der Waals surface area (Å²) in [5.74, 6) is -0.0717. The number of hydrogen-bond donors (Lipinski definition) is 2. The maximum atomic E-state index is 12.7. The molecule has 3 rings (SSSR count). The molecule has 1 atom stereocenters. The molecular weight excluding hydrogens is 359 g/mol. The summed E-state index contributed by atoms with van der Waals surface area (Å²) in [4.78, 5) is 0. The molecule has 0 aliphatic carbocycles. The molecule has 8 heteroatoms. The van der Waals surface area contributed by atoms with Crippen LogP contribution >= 0.6 is 0 Å². The molecular formula is C19H24F3N3O2. The molecule has 1 unspecified atom stereocenters. The Morgan fingerprint density at radius 1 is 1.30 bits per heavy atom. The summed E-state index contributed by atoms with van der Waals surface area (Å²) >= 11 is 0. The molecule has 0 spiro atoms. The second-order valence-electron chi connectivity index (χ2n) is 6.76. The van der Waals surface area contributed by atoms with Gasteiger partial charge in [0.25, 0.3) is 0 Å². The Balaban J connectivity index is 1.65. The first kappa shape index (κ1) is 19.9. The molecule has 1 aliphatic rings. The number of rotatable bonds is 7. The van der Waals surface area contributed by atoms with Gasteiger partial charge in [0, 0.05) is 38.7 Å². The van der Waals surface area contributed by atoms with Crippen molar-refractivity contribution in [1.82, 2.24) is 15.1 Å². The highest BCUT2D eigenvalue weighted by atomic mass is 19.4. The standard InChI is InChI=1S/C19H24F3N3O2/c1-25-18(16-12-27-9-7-17(16)24-25)11-23-10-14(6-8-26)13-2-4-15(5-3-13)19(20,21)22/h2-5,14,23,26H,6-12H2,1H3. The number of hydrogen-bond acceptors (Lipinski definition) is 4. The van der Waals surface area contributed by atoms with Gasteiger partial charge in [-0.15, -0.1) is 0 Å². The Morgan fingerprint density at radius 2 is 2.04 bits per heavy atom. The van der Waals surface area contributed by atoms with Crippen LogP contribution in [0.2, 0.25) is 0 Å². The largest absolute Gasteiger partial charge is 0.416 e. The Morgan fingerprint density at radius 3 is 2.70 bits per heavy atom. The first-order valence-corrected chi connectivity index (χ1v) is 9.00. The second kappa shape index (κ2) is 8.41. The quantitative estimate of drug-likeness (QED) is 0.772. The average molecular weight is 383 g/mol. The second-order valence-corrected chi connectivity index (χ2v) is 6.76. The molecule has 148 valence electrons. The minimum Gasteiger partial charge on any atom is -0.396 e. The fraction of sp³-hybridized carbons (Fsp3) is 0.526. The number of aromatic nitrogens is 2. The van der Waals surface area contributed by atoms with Crippen LogP contribution in [-0.2, 0) is 37.5 Å². The number of alkyl halides is 3. The van der Waals surface area contributed by atoms with E-state index in [0.717, 1.165) is 41.1 Å². The highest BCUT2D eigenvalue weighted by Crippen LogP contribution is 2.30. The van der Waals surface area contributed by atoms with Crippen molar-refractivity contribution in [3.63, 3.8) is 0 Å². The van der Waals surface area contributed by atoms with Gasteiger partial charge in [0.2, 0.25) is 0 Å². The van der Waals surface area contributed by atoms with Crippen molar-refractivity contribution in [3.8, 4) is 0 Å². The summed E-state index contributed by atoms with van der Waals surface area (Å²) < 4.78 is 45.6. The maximum Gasteiger partial charge on any atom is 0.416 e. The lowest BCUT2D eigenvalue weighted by atomic mass is 9.95. The SMILES string of the molecule is Cn1nc2c(c1CNCC(CCO)c1ccc(C(F)(F)F)cc1)COCC2. The normalized spacial score (nSPS) is 15.6. The number of nitrogens with one attached hydrogen (secondary N) is 1. The highest BCUT2D eigenvalue weighted by Gasteiger charge is 2.30. The van der Waals surface area contributed by atoms with Crippen molar-refractivity contribution >= 4 is 0 Å². The summed E-state index contributed by atoms with van der Waals surface area (Å²) in [6.45, 7) is 2.35. The molecule has 0 radical (unpaired) electrons. The lowest BCUT2D eigenvalue weighted by Crippen LogP contribution is -2.24. The molecule has 1 aromatic heterocycles. The molecule has 1 aliphatic heterocycles. The van der Waals surface area contributed by atoms with Crippen LogP contribution in [0.5, 0.6) is 0 Å². The van der Waals surface area contributed by atoms with Gasteiger partial charge in [-0.3, -0.25) is 4.68 Å². The van der Waals surface area contributed by atoms with Crippen molar-refractivity contribution in [2.45, 2.75) is 38.1 Å². The first-order valence-electron chi connectivity index (χ1n) is 9.00. The Bertz CT molecular complexity index is 757. The van der Waals surface area contributed by atoms with Crippen molar-refractivity contribution in [2.75, 3.05) is 19.8 Å². The van der Waals surface area contributed by atoms with Crippen LogP contribution in [0.25, 0.3) is 0 Å². The average Bonchev–Trinajstić information content (AvgIpc) is 2.96. The molecule has 2 N–H and O–H groups in total. The molecule has 0 saturated heterocycles. The van der Waals surface area contributed by atoms with Crippen LogP contribution in [0.1, 0.15) is 40.4 Å². The van der Waals surface area contributed by atoms with Crippen LogP contribution in [0.4, 0.5) is 13.2 Å². The van der Waals surface area contributed by atoms with Crippen molar-refractivity contribution in [3.05, 3.63) is 52.3 Å². The van der Waals surface area contributed by atoms with E-state index in [0.29, 0.717) is 32.7 Å². The number of aliphatic hydroxyl groups is 1. The van der Waals surface area contributed by atoms with Crippen LogP contribution in [0, 0.1) is 0 Å². The summed E-state index contributed by atoms with van der Waals surface area (Å²) in [7, 11) is 1.90. The summed E-state index contributed by atoms with van der Waals surface area (Å²) in [6.07, 6.45) is -3.06. The predicted octanol–water partition coefficient (Wildman–Crippen LogP) is 2.77. The van der Waals surface area contributed by atoms with Crippen molar-refractivity contribution in [1.29, 1.82) is 0 Å². The van der Waals surface area contributed by atoms with E-state index in [4.69, 9.17) is 4.74 Å². The van der Waals surface area contributed by atoms with Gasteiger partial charge in [0.15, 0.2) is 0 Å². The first-order chi connectivity index (χ1) is 12.9. The van der Waals surface area contributed by atoms with Crippen LogP contribution < -0.4 is 5.32 Å². The van der Waals surface area contributed by atoms with E-state index in [2.05, 4.69) is 10.4 Å². The van der Waals surface area contributed by atoms with Gasteiger partial charge in [0.05, 0.1) is 30.2 Å². The molecule has 2 heterocycles. The van der Waals surface area contributed by atoms with E-state index >= 15 is 0 Å². The predicted molar refractivity (Wildman–Crippen MR) is 94.2 cm³/mol. The number of halogens is 3. The Hall–Kier alpha value is -1.90. The number of benzene rings is 1.